The van der Waals surface area contributed by atoms with Crippen LogP contribution < -0.4 is 10.6 Å². The maximum atomic E-state index is 11.7. The first-order valence-electron chi connectivity index (χ1n) is 5.71. The number of hydrogen-bond acceptors (Lipinski definition) is 3. The third-order valence-electron chi connectivity index (χ3n) is 3.58. The van der Waals surface area contributed by atoms with Crippen LogP contribution in [-0.2, 0) is 10.8 Å². The van der Waals surface area contributed by atoms with E-state index < -0.39 is 10.8 Å². The maximum Gasteiger partial charge on any atom is 0.0619 e. The Morgan fingerprint density at radius 2 is 2.31 bits per heavy atom. The molecule has 1 fully saturated rings. The van der Waals surface area contributed by atoms with Gasteiger partial charge in [-0.2, -0.15) is 0 Å². The lowest BCUT2D eigenvalue weighted by molar-refractivity contribution is 0.440. The Morgan fingerprint density at radius 1 is 1.44 bits per heavy atom. The molecule has 0 aliphatic carbocycles. The molecule has 86 valence electrons. The third kappa shape index (κ3) is 1.48. The number of anilines is 1. The molecule has 2 aliphatic rings. The molecule has 3 atom stereocenters. The van der Waals surface area contributed by atoms with E-state index in [1.807, 2.05) is 12.1 Å². The second-order valence-corrected chi connectivity index (χ2v) is 5.87. The van der Waals surface area contributed by atoms with E-state index in [2.05, 4.69) is 16.7 Å². The predicted octanol–water partition coefficient (Wildman–Crippen LogP) is 1.29. The number of hydrogen-bond donors (Lipinski definition) is 2. The molecule has 1 aromatic rings. The van der Waals surface area contributed by atoms with Gasteiger partial charge < -0.3 is 10.6 Å². The first-order chi connectivity index (χ1) is 7.77. The SMILES string of the molecule is CS(=O)c1cccc2c1N[C@H]1CCNC[C@@H]21. The Morgan fingerprint density at radius 3 is 3.12 bits per heavy atom. The highest BCUT2D eigenvalue weighted by Gasteiger charge is 2.35. The van der Waals surface area contributed by atoms with Crippen LogP contribution in [0.5, 0.6) is 0 Å². The molecule has 4 heteroatoms. The molecule has 3 rings (SSSR count). The van der Waals surface area contributed by atoms with E-state index in [9.17, 15) is 4.21 Å². The van der Waals surface area contributed by atoms with Crippen LogP contribution in [-0.4, -0.2) is 29.6 Å². The van der Waals surface area contributed by atoms with Crippen molar-refractivity contribution < 1.29 is 4.21 Å². The first kappa shape index (κ1) is 10.3. The van der Waals surface area contributed by atoms with Crippen LogP contribution in [0.4, 0.5) is 5.69 Å². The molecular weight excluding hydrogens is 220 g/mol. The third-order valence-corrected chi connectivity index (χ3v) is 4.54. The largest absolute Gasteiger partial charge is 0.380 e. The summed E-state index contributed by atoms with van der Waals surface area (Å²) in [7, 11) is -0.907. The molecule has 1 saturated heterocycles. The van der Waals surface area contributed by atoms with E-state index >= 15 is 0 Å². The molecule has 0 amide bonds. The fraction of sp³-hybridized carbons (Fsp3) is 0.500. The van der Waals surface area contributed by atoms with Gasteiger partial charge in [0, 0.05) is 24.8 Å². The zero-order chi connectivity index (χ0) is 11.1. The summed E-state index contributed by atoms with van der Waals surface area (Å²) in [5.41, 5.74) is 2.46. The Kier molecular flexibility index (Phi) is 2.48. The van der Waals surface area contributed by atoms with Gasteiger partial charge in [0.2, 0.25) is 0 Å². The van der Waals surface area contributed by atoms with Crippen LogP contribution in [0.1, 0.15) is 17.9 Å². The van der Waals surface area contributed by atoms with Crippen molar-refractivity contribution in [2.24, 2.45) is 0 Å². The van der Waals surface area contributed by atoms with Gasteiger partial charge >= 0.3 is 0 Å². The molecular formula is C12H16N2OS. The number of piperidine rings is 1. The van der Waals surface area contributed by atoms with Crippen LogP contribution in [0.25, 0.3) is 0 Å². The lowest BCUT2D eigenvalue weighted by Gasteiger charge is -2.26. The summed E-state index contributed by atoms with van der Waals surface area (Å²) in [5, 5.41) is 6.98. The van der Waals surface area contributed by atoms with E-state index in [4.69, 9.17) is 0 Å². The molecule has 0 aromatic heterocycles. The molecule has 0 radical (unpaired) electrons. The Labute approximate surface area is 98.1 Å². The van der Waals surface area contributed by atoms with Crippen LogP contribution in [0.2, 0.25) is 0 Å². The number of fused-ring (bicyclic) bond motifs is 3. The first-order valence-corrected chi connectivity index (χ1v) is 7.27. The summed E-state index contributed by atoms with van der Waals surface area (Å²) in [6.07, 6.45) is 2.90. The quantitative estimate of drug-likeness (QED) is 0.772. The normalized spacial score (nSPS) is 29.1. The van der Waals surface area contributed by atoms with E-state index in [-0.39, 0.29) is 0 Å². The Balaban J connectivity index is 2.07. The second-order valence-electron chi connectivity index (χ2n) is 4.52. The molecule has 2 N–H and O–H groups in total. The van der Waals surface area contributed by atoms with E-state index in [0.29, 0.717) is 12.0 Å². The number of benzene rings is 1. The van der Waals surface area contributed by atoms with Crippen LogP contribution in [0, 0.1) is 0 Å². The highest BCUT2D eigenvalue weighted by Crippen LogP contribution is 2.41. The van der Waals surface area contributed by atoms with Crippen molar-refractivity contribution >= 4 is 16.5 Å². The molecule has 0 spiro atoms. The molecule has 1 unspecified atom stereocenters. The van der Waals surface area contributed by atoms with E-state index in [1.165, 1.54) is 5.56 Å². The van der Waals surface area contributed by atoms with Gasteiger partial charge in [-0.25, -0.2) is 0 Å². The molecule has 16 heavy (non-hydrogen) atoms. The van der Waals surface area contributed by atoms with Crippen molar-refractivity contribution in [1.29, 1.82) is 0 Å². The Hall–Kier alpha value is -0.870. The minimum absolute atomic E-state index is 0.529. The van der Waals surface area contributed by atoms with Crippen molar-refractivity contribution in [3.63, 3.8) is 0 Å². The van der Waals surface area contributed by atoms with Gasteiger partial charge in [0.25, 0.3) is 0 Å². The molecule has 3 nitrogen and oxygen atoms in total. The van der Waals surface area contributed by atoms with Gasteiger partial charge in [-0.3, -0.25) is 4.21 Å². The van der Waals surface area contributed by atoms with Crippen molar-refractivity contribution in [3.8, 4) is 0 Å². The minimum Gasteiger partial charge on any atom is -0.380 e. The van der Waals surface area contributed by atoms with Crippen LogP contribution in [0.15, 0.2) is 23.1 Å². The Bertz CT molecular complexity index is 447. The van der Waals surface area contributed by atoms with Crippen LogP contribution >= 0.6 is 0 Å². The molecule has 2 heterocycles. The number of para-hydroxylation sites is 1. The average Bonchev–Trinajstić information content (AvgIpc) is 2.67. The smallest absolute Gasteiger partial charge is 0.0619 e. The number of rotatable bonds is 1. The number of nitrogens with one attached hydrogen (secondary N) is 2. The summed E-state index contributed by atoms with van der Waals surface area (Å²) in [6.45, 7) is 2.11. The van der Waals surface area contributed by atoms with Gasteiger partial charge in [-0.05, 0) is 24.6 Å². The average molecular weight is 236 g/mol. The van der Waals surface area contributed by atoms with Gasteiger partial charge in [-0.1, -0.05) is 12.1 Å². The predicted molar refractivity (Wildman–Crippen MR) is 66.4 cm³/mol. The second kappa shape index (κ2) is 3.86. The van der Waals surface area contributed by atoms with Crippen LogP contribution in [0.3, 0.4) is 0 Å². The topological polar surface area (TPSA) is 41.1 Å². The maximum absolute atomic E-state index is 11.7. The fourth-order valence-electron chi connectivity index (χ4n) is 2.79. The minimum atomic E-state index is -0.907. The zero-order valence-corrected chi connectivity index (χ0v) is 10.1. The fourth-order valence-corrected chi connectivity index (χ4v) is 3.53. The standard InChI is InChI=1S/C12H16N2OS/c1-16(15)11-4-2-3-8-9-7-13-6-5-10(9)14-12(8)11/h2-4,9-10,13-14H,5-7H2,1H3/t9-,10-,16?/m0/s1. The van der Waals surface area contributed by atoms with Crippen molar-refractivity contribution in [2.45, 2.75) is 23.3 Å². The lowest BCUT2D eigenvalue weighted by Crippen LogP contribution is -2.38. The van der Waals surface area contributed by atoms with Crippen molar-refractivity contribution in [1.82, 2.24) is 5.32 Å². The van der Waals surface area contributed by atoms with Crippen molar-refractivity contribution in [2.75, 3.05) is 24.7 Å². The van der Waals surface area contributed by atoms with E-state index in [1.54, 1.807) is 6.26 Å². The lowest BCUT2D eigenvalue weighted by atomic mass is 9.91. The van der Waals surface area contributed by atoms with Crippen molar-refractivity contribution in [3.05, 3.63) is 23.8 Å². The molecule has 0 saturated carbocycles. The van der Waals surface area contributed by atoms with Gasteiger partial charge in [0.1, 0.15) is 0 Å². The summed E-state index contributed by atoms with van der Waals surface area (Å²) in [6, 6.07) is 6.68. The van der Waals surface area contributed by atoms with Gasteiger partial charge in [-0.15, -0.1) is 0 Å². The summed E-state index contributed by atoms with van der Waals surface area (Å²) in [4.78, 5) is 0.951. The molecule has 2 aliphatic heterocycles. The summed E-state index contributed by atoms with van der Waals surface area (Å²) in [5.74, 6) is 0.548. The monoisotopic (exact) mass is 236 g/mol. The van der Waals surface area contributed by atoms with Gasteiger partial charge in [0.15, 0.2) is 0 Å². The highest BCUT2D eigenvalue weighted by atomic mass is 32.2. The van der Waals surface area contributed by atoms with E-state index in [0.717, 1.165) is 30.1 Å². The summed E-state index contributed by atoms with van der Waals surface area (Å²) >= 11 is 0. The zero-order valence-electron chi connectivity index (χ0n) is 9.32. The molecule has 1 aromatic carbocycles. The highest BCUT2D eigenvalue weighted by molar-refractivity contribution is 7.84. The van der Waals surface area contributed by atoms with Gasteiger partial charge in [0.05, 0.1) is 21.4 Å². The molecule has 0 bridgehead atoms. The summed E-state index contributed by atoms with van der Waals surface area (Å²) < 4.78 is 11.7.